The first-order valence-corrected chi connectivity index (χ1v) is 14.0. The van der Waals surface area contributed by atoms with Crippen molar-refractivity contribution in [3.05, 3.63) is 130 Å². The number of aliphatic hydroxyl groups is 1. The van der Waals surface area contributed by atoms with Crippen LogP contribution in [0.2, 0.25) is 0 Å². The maximum absolute atomic E-state index is 11.8. The molecule has 0 spiro atoms. The number of phenolic OH excluding ortho intramolecular Hbond substituents is 1. The lowest BCUT2D eigenvalue weighted by molar-refractivity contribution is 0.283. The molecule has 2 N–H and O–H groups in total. The zero-order valence-corrected chi connectivity index (χ0v) is 22.4. The van der Waals surface area contributed by atoms with E-state index in [0.717, 1.165) is 42.4 Å². The van der Waals surface area contributed by atoms with E-state index in [2.05, 4.69) is 92.7 Å². The molecule has 0 aromatic heterocycles. The average Bonchev–Trinajstić information content (AvgIpc) is 2.91. The van der Waals surface area contributed by atoms with Crippen molar-refractivity contribution < 1.29 is 10.2 Å². The van der Waals surface area contributed by atoms with Crippen molar-refractivity contribution in [1.82, 2.24) is 0 Å². The molecule has 0 fully saturated rings. The van der Waals surface area contributed by atoms with Crippen LogP contribution in [0.15, 0.2) is 97.1 Å². The number of phenols is 1. The quantitative estimate of drug-likeness (QED) is 0.211. The van der Waals surface area contributed by atoms with Crippen molar-refractivity contribution >= 4 is 13.9 Å². The first-order chi connectivity index (χ1) is 17.6. The Morgan fingerprint density at radius 1 is 0.694 bits per heavy atom. The summed E-state index contributed by atoms with van der Waals surface area (Å²) < 4.78 is 0. The van der Waals surface area contributed by atoms with Crippen LogP contribution in [-0.2, 0) is 24.6 Å². The third kappa shape index (κ3) is 6.06. The van der Waals surface area contributed by atoms with Gasteiger partial charge in [0.05, 0.1) is 6.61 Å². The lowest BCUT2D eigenvalue weighted by Crippen LogP contribution is -2.24. The lowest BCUT2D eigenvalue weighted by atomic mass is 9.85. The molecule has 4 aromatic rings. The molecule has 2 nitrogen and oxygen atoms in total. The molecule has 0 radical (unpaired) electrons. The SMILES string of the molecule is CCCC(CC)(Pc1ccccc1CO)c1cc(Cc2ccccc2)cc(Cc2ccccc2)c1O. The maximum Gasteiger partial charge on any atom is 0.123 e. The Labute approximate surface area is 217 Å². The third-order valence-corrected chi connectivity index (χ3v) is 9.20. The highest BCUT2D eigenvalue weighted by Crippen LogP contribution is 2.52. The molecule has 0 aliphatic rings. The molecule has 0 bridgehead atoms. The van der Waals surface area contributed by atoms with Crippen molar-refractivity contribution in [3.8, 4) is 5.75 Å². The van der Waals surface area contributed by atoms with Gasteiger partial charge in [0.15, 0.2) is 0 Å². The summed E-state index contributed by atoms with van der Waals surface area (Å²) in [7, 11) is 0.461. The summed E-state index contributed by atoms with van der Waals surface area (Å²) in [4.78, 5) is 0. The summed E-state index contributed by atoms with van der Waals surface area (Å²) in [6, 6.07) is 33.6. The predicted molar refractivity (Wildman–Crippen MR) is 154 cm³/mol. The van der Waals surface area contributed by atoms with E-state index < -0.39 is 0 Å². The Morgan fingerprint density at radius 3 is 1.92 bits per heavy atom. The number of rotatable bonds is 11. The van der Waals surface area contributed by atoms with Gasteiger partial charge in [-0.1, -0.05) is 126 Å². The number of aliphatic hydroxyl groups excluding tert-OH is 1. The predicted octanol–water partition coefficient (Wildman–Crippen LogP) is 7.48. The summed E-state index contributed by atoms with van der Waals surface area (Å²) in [6.07, 6.45) is 4.46. The molecule has 2 atom stereocenters. The fraction of sp³-hybridized carbons (Fsp3) is 0.273. The Balaban J connectivity index is 1.85. The molecule has 3 heteroatoms. The average molecular weight is 497 g/mol. The van der Waals surface area contributed by atoms with Crippen molar-refractivity contribution in [2.24, 2.45) is 0 Å². The maximum atomic E-state index is 11.8. The van der Waals surface area contributed by atoms with Gasteiger partial charge in [-0.2, -0.15) is 0 Å². The van der Waals surface area contributed by atoms with Gasteiger partial charge >= 0.3 is 0 Å². The minimum atomic E-state index is -0.192. The third-order valence-electron chi connectivity index (χ3n) is 7.09. The summed E-state index contributed by atoms with van der Waals surface area (Å²) in [6.45, 7) is 4.50. The Morgan fingerprint density at radius 2 is 1.31 bits per heavy atom. The topological polar surface area (TPSA) is 40.5 Å². The van der Waals surface area contributed by atoms with Gasteiger partial charge in [-0.15, -0.1) is 0 Å². The van der Waals surface area contributed by atoms with Crippen LogP contribution in [-0.4, -0.2) is 10.2 Å². The van der Waals surface area contributed by atoms with Crippen molar-refractivity contribution in [3.63, 3.8) is 0 Å². The standard InChI is InChI=1S/C33H37O2P/c1-3-19-33(4-2,36-31-18-12-11-17-28(31)24-34)30-23-27(20-25-13-7-5-8-14-25)22-29(32(30)35)21-26-15-9-6-10-16-26/h5-18,22-23,34-36H,3-4,19-21,24H2,1-2H3. The second-order valence-electron chi connectivity index (χ2n) is 9.60. The first-order valence-electron chi connectivity index (χ1n) is 13.0. The number of aromatic hydroxyl groups is 1. The summed E-state index contributed by atoms with van der Waals surface area (Å²) in [5.41, 5.74) is 6.71. The first kappa shape index (κ1) is 26.1. The van der Waals surface area contributed by atoms with Gasteiger partial charge < -0.3 is 10.2 Å². The lowest BCUT2D eigenvalue weighted by Gasteiger charge is -2.36. The zero-order chi connectivity index (χ0) is 25.4. The summed E-state index contributed by atoms with van der Waals surface area (Å²) in [5, 5.41) is 22.8. The monoisotopic (exact) mass is 496 g/mol. The minimum Gasteiger partial charge on any atom is -0.507 e. The van der Waals surface area contributed by atoms with E-state index >= 15 is 0 Å². The van der Waals surface area contributed by atoms with Gasteiger partial charge in [0.2, 0.25) is 0 Å². The van der Waals surface area contributed by atoms with Gasteiger partial charge in [-0.25, -0.2) is 0 Å². The van der Waals surface area contributed by atoms with Gasteiger partial charge in [0, 0.05) is 17.1 Å². The highest BCUT2D eigenvalue weighted by Gasteiger charge is 2.34. The van der Waals surface area contributed by atoms with E-state index in [1.807, 2.05) is 18.2 Å². The molecule has 0 saturated carbocycles. The van der Waals surface area contributed by atoms with Crippen LogP contribution in [0.1, 0.15) is 66.5 Å². The van der Waals surface area contributed by atoms with E-state index in [0.29, 0.717) is 20.8 Å². The Bertz CT molecular complexity index is 1250. The fourth-order valence-electron chi connectivity index (χ4n) is 5.19. The van der Waals surface area contributed by atoms with E-state index in [9.17, 15) is 10.2 Å². The van der Waals surface area contributed by atoms with Crippen molar-refractivity contribution in [1.29, 1.82) is 0 Å². The van der Waals surface area contributed by atoms with E-state index in [4.69, 9.17) is 0 Å². The molecule has 4 rings (SSSR count). The fourth-order valence-corrected chi connectivity index (χ4v) is 7.09. The molecule has 0 heterocycles. The molecule has 2 unspecified atom stereocenters. The molecule has 36 heavy (non-hydrogen) atoms. The van der Waals surface area contributed by atoms with Crippen LogP contribution in [0, 0.1) is 0 Å². The van der Waals surface area contributed by atoms with Crippen molar-refractivity contribution in [2.75, 3.05) is 0 Å². The molecule has 186 valence electrons. The largest absolute Gasteiger partial charge is 0.507 e. The second kappa shape index (κ2) is 12.3. The number of benzene rings is 4. The second-order valence-corrected chi connectivity index (χ2v) is 11.3. The van der Waals surface area contributed by atoms with Crippen LogP contribution in [0.5, 0.6) is 5.75 Å². The van der Waals surface area contributed by atoms with Gasteiger partial charge in [0.25, 0.3) is 0 Å². The van der Waals surface area contributed by atoms with Crippen LogP contribution in [0.3, 0.4) is 0 Å². The van der Waals surface area contributed by atoms with E-state index in [-0.39, 0.29) is 11.8 Å². The Kier molecular flexibility index (Phi) is 8.97. The van der Waals surface area contributed by atoms with E-state index in [1.54, 1.807) is 0 Å². The normalized spacial score (nSPS) is 13.2. The number of hydrogen-bond acceptors (Lipinski definition) is 2. The molecule has 0 saturated heterocycles. The molecule has 0 aliphatic heterocycles. The molecule has 0 amide bonds. The van der Waals surface area contributed by atoms with Crippen LogP contribution in [0.4, 0.5) is 0 Å². The zero-order valence-electron chi connectivity index (χ0n) is 21.4. The highest BCUT2D eigenvalue weighted by atomic mass is 31.1. The summed E-state index contributed by atoms with van der Waals surface area (Å²) in [5.74, 6) is 0.431. The number of hydrogen-bond donors (Lipinski definition) is 2. The highest BCUT2D eigenvalue weighted by molar-refractivity contribution is 7.48. The molecular weight excluding hydrogens is 459 g/mol. The van der Waals surface area contributed by atoms with Gasteiger partial charge in [-0.05, 0) is 52.4 Å². The van der Waals surface area contributed by atoms with Gasteiger partial charge in [-0.3, -0.25) is 0 Å². The van der Waals surface area contributed by atoms with Crippen LogP contribution < -0.4 is 5.30 Å². The smallest absolute Gasteiger partial charge is 0.123 e. The molecule has 4 aromatic carbocycles. The summed E-state index contributed by atoms with van der Waals surface area (Å²) >= 11 is 0. The van der Waals surface area contributed by atoms with Crippen LogP contribution in [0.25, 0.3) is 0 Å². The Hall–Kier alpha value is -2.93. The molecular formula is C33H37O2P. The molecule has 0 aliphatic carbocycles. The van der Waals surface area contributed by atoms with E-state index in [1.165, 1.54) is 22.0 Å². The van der Waals surface area contributed by atoms with Crippen LogP contribution >= 0.6 is 8.58 Å². The minimum absolute atomic E-state index is 0.0361. The van der Waals surface area contributed by atoms with Crippen molar-refractivity contribution in [2.45, 2.75) is 57.7 Å². The van der Waals surface area contributed by atoms with Gasteiger partial charge in [0.1, 0.15) is 5.75 Å².